The van der Waals surface area contributed by atoms with Gasteiger partial charge in [-0.2, -0.15) is 0 Å². The van der Waals surface area contributed by atoms with Crippen LogP contribution in [0.4, 0.5) is 0 Å². The zero-order valence-corrected chi connectivity index (χ0v) is 19.6. The van der Waals surface area contributed by atoms with Gasteiger partial charge in [-0.1, -0.05) is 35.9 Å². The van der Waals surface area contributed by atoms with E-state index >= 15 is 0 Å². The Morgan fingerprint density at radius 3 is 1.42 bits per heavy atom. The van der Waals surface area contributed by atoms with E-state index in [4.69, 9.17) is 0 Å². The summed E-state index contributed by atoms with van der Waals surface area (Å²) < 4.78 is 35.7. The number of hydrogen-bond acceptors (Lipinski definition) is 2. The summed E-state index contributed by atoms with van der Waals surface area (Å²) in [5.74, 6) is 0. The molecular weight excluding hydrogens is 427 g/mol. The first-order valence-corrected chi connectivity index (χ1v) is 20.3. The van der Waals surface area contributed by atoms with Crippen LogP contribution in [0.1, 0.15) is 64.9 Å². The van der Waals surface area contributed by atoms with Crippen molar-refractivity contribution in [3.05, 3.63) is 35.9 Å². The molecule has 1 aromatic rings. The van der Waals surface area contributed by atoms with Crippen LogP contribution in [0.3, 0.4) is 0 Å². The van der Waals surface area contributed by atoms with Crippen LogP contribution in [-0.2, 0) is 7.30 Å². The second-order valence-electron chi connectivity index (χ2n) is 6.62. The van der Waals surface area contributed by atoms with E-state index in [0.717, 1.165) is 51.8 Å². The molecule has 0 bridgehead atoms. The molecule has 24 heavy (non-hydrogen) atoms. The number of hydrogen-bond donors (Lipinski definition) is 1. The largest absolute Gasteiger partial charge is 0.0622 e. The minimum absolute atomic E-state index is 0.810. The van der Waals surface area contributed by atoms with Crippen molar-refractivity contribution < 1.29 is 13.0 Å². The maximum atomic E-state index is 11.8. The fourth-order valence-electron chi connectivity index (χ4n) is 2.79. The standard InChI is InChI=1S/C7H8.3C4H9.HO3S.Sn/c1-7-5-3-2-4-6-7;3*1-3-4-2;1-4(2)3;/h2-6H,1H3;3*1,3-4H2,2H3;(H,1,2,3);. The Morgan fingerprint density at radius 2 is 1.21 bits per heavy atom. The van der Waals surface area contributed by atoms with Crippen molar-refractivity contribution in [3.63, 3.8) is 0 Å². The Hall–Kier alpha value is -0.0713. The Kier molecular flexibility index (Phi) is 13.1. The van der Waals surface area contributed by atoms with Gasteiger partial charge in [-0.3, -0.25) is 0 Å². The number of aryl methyl sites for hydroxylation is 1. The second kappa shape index (κ2) is 13.2. The van der Waals surface area contributed by atoms with Gasteiger partial charge in [0.15, 0.2) is 0 Å². The smallest absolute Gasteiger partial charge is 0.0398 e. The molecule has 0 amide bonds. The molecule has 0 spiro atoms. The fourth-order valence-corrected chi connectivity index (χ4v) is 23.8. The second-order valence-corrected chi connectivity index (χ2v) is 28.8. The van der Waals surface area contributed by atoms with E-state index < -0.39 is 24.3 Å². The van der Waals surface area contributed by atoms with Crippen molar-refractivity contribution in [2.45, 2.75) is 79.5 Å². The molecule has 0 heterocycles. The van der Waals surface area contributed by atoms with Crippen molar-refractivity contribution in [2.75, 3.05) is 0 Å². The molecule has 0 radical (unpaired) electrons. The summed E-state index contributed by atoms with van der Waals surface area (Å²) >= 11 is -3.38. The third-order valence-electron chi connectivity index (χ3n) is 4.45. The molecule has 0 aliphatic heterocycles. The molecular formula is C19H36O3SSn. The molecule has 0 saturated carbocycles. The summed E-state index contributed by atoms with van der Waals surface area (Å²) in [5, 5.41) is 0. The van der Waals surface area contributed by atoms with Crippen molar-refractivity contribution in [3.8, 4) is 0 Å². The minimum atomic E-state index is -3.73. The third-order valence-corrected chi connectivity index (χ3v) is 29.8. The predicted molar refractivity (Wildman–Crippen MR) is 108 cm³/mol. The zero-order valence-electron chi connectivity index (χ0n) is 15.9. The maximum Gasteiger partial charge on any atom is -0.0398 e. The summed E-state index contributed by atoms with van der Waals surface area (Å²) in [6.07, 6.45) is 5.95. The first kappa shape index (κ1) is 23.9. The van der Waals surface area contributed by atoms with Gasteiger partial charge in [-0.15, -0.1) is 0 Å². The van der Waals surface area contributed by atoms with Crippen LogP contribution in [0, 0.1) is 6.92 Å². The third kappa shape index (κ3) is 9.42. The molecule has 3 nitrogen and oxygen atoms in total. The summed E-state index contributed by atoms with van der Waals surface area (Å²) in [6, 6.07) is 10.3. The molecule has 140 valence electrons. The van der Waals surface area contributed by atoms with Crippen LogP contribution >= 0.6 is 0 Å². The molecule has 0 atom stereocenters. The van der Waals surface area contributed by atoms with Crippen LogP contribution in [0.15, 0.2) is 30.3 Å². The van der Waals surface area contributed by atoms with E-state index in [1.165, 1.54) is 5.56 Å². The van der Waals surface area contributed by atoms with E-state index in [1.807, 2.05) is 18.2 Å². The Balaban J connectivity index is 0.000000620. The van der Waals surface area contributed by atoms with Crippen LogP contribution in [0.2, 0.25) is 13.3 Å². The molecule has 0 aliphatic carbocycles. The van der Waals surface area contributed by atoms with Gasteiger partial charge in [0.05, 0.1) is 0 Å². The molecule has 1 N–H and O–H groups in total. The van der Waals surface area contributed by atoms with Gasteiger partial charge in [0.2, 0.25) is 0 Å². The van der Waals surface area contributed by atoms with Crippen molar-refractivity contribution in [1.82, 2.24) is 0 Å². The van der Waals surface area contributed by atoms with Gasteiger partial charge in [-0.05, 0) is 6.92 Å². The number of rotatable bonds is 10. The molecule has 0 fully saturated rings. The summed E-state index contributed by atoms with van der Waals surface area (Å²) in [7, 11) is -3.73. The van der Waals surface area contributed by atoms with Gasteiger partial charge in [0, 0.05) is 0 Å². The Morgan fingerprint density at radius 1 is 0.833 bits per heavy atom. The molecule has 0 aromatic heterocycles. The van der Waals surface area contributed by atoms with Crippen LogP contribution in [0.25, 0.3) is 0 Å². The average Bonchev–Trinajstić information content (AvgIpc) is 2.54. The first-order chi connectivity index (χ1) is 11.3. The quantitative estimate of drug-likeness (QED) is 0.331. The van der Waals surface area contributed by atoms with Gasteiger partial charge in [0.1, 0.15) is 0 Å². The Bertz CT molecular complexity index is 493. The molecule has 0 aliphatic rings. The monoisotopic (exact) mass is 464 g/mol. The van der Waals surface area contributed by atoms with E-state index in [0.29, 0.717) is 0 Å². The topological polar surface area (TPSA) is 54.4 Å². The van der Waals surface area contributed by atoms with Gasteiger partial charge in [-0.25, -0.2) is 0 Å². The fraction of sp³-hybridized carbons (Fsp3) is 0.684. The number of benzene rings is 1. The normalized spacial score (nSPS) is 11.7. The van der Waals surface area contributed by atoms with E-state index in [-0.39, 0.29) is 0 Å². The molecule has 0 saturated heterocycles. The number of unbranched alkanes of at least 4 members (excludes halogenated alkanes) is 3. The summed E-state index contributed by atoms with van der Waals surface area (Å²) in [5.41, 5.74) is 1.32. The van der Waals surface area contributed by atoms with Crippen LogP contribution in [-0.4, -0.2) is 30.0 Å². The van der Waals surface area contributed by atoms with Crippen molar-refractivity contribution >= 4 is 24.3 Å². The predicted octanol–water partition coefficient (Wildman–Crippen LogP) is 6.22. The Labute approximate surface area is 152 Å². The summed E-state index contributed by atoms with van der Waals surface area (Å²) in [4.78, 5) is 0. The van der Waals surface area contributed by atoms with Gasteiger partial charge in [0.25, 0.3) is 0 Å². The van der Waals surface area contributed by atoms with E-state index in [9.17, 15) is 13.0 Å². The SMILES string of the molecule is CCC[CH2][Sn]([CH2]CCC)([CH2]CCC)[S](=O)(=O)O.Cc1ccccc1. The van der Waals surface area contributed by atoms with Crippen LogP contribution in [0.5, 0.6) is 0 Å². The van der Waals surface area contributed by atoms with Crippen molar-refractivity contribution in [1.29, 1.82) is 0 Å². The minimum Gasteiger partial charge on any atom is -0.0622 e. The molecule has 1 aromatic carbocycles. The first-order valence-electron chi connectivity index (χ1n) is 9.31. The molecule has 0 unspecified atom stereocenters. The van der Waals surface area contributed by atoms with Crippen molar-refractivity contribution in [2.24, 2.45) is 0 Å². The van der Waals surface area contributed by atoms with E-state index in [1.54, 1.807) is 0 Å². The molecule has 5 heteroatoms. The van der Waals surface area contributed by atoms with Gasteiger partial charge < -0.3 is 0 Å². The van der Waals surface area contributed by atoms with Gasteiger partial charge >= 0.3 is 110 Å². The van der Waals surface area contributed by atoms with E-state index in [2.05, 4.69) is 39.8 Å². The molecule has 1 rings (SSSR count). The summed E-state index contributed by atoms with van der Waals surface area (Å²) in [6.45, 7) is 8.33. The zero-order chi connectivity index (χ0) is 18.5. The van der Waals surface area contributed by atoms with Crippen LogP contribution < -0.4 is 0 Å². The maximum absolute atomic E-state index is 11.8. The average molecular weight is 463 g/mol.